The summed E-state index contributed by atoms with van der Waals surface area (Å²) in [7, 11) is 0. The Hall–Kier alpha value is -2.76. The van der Waals surface area contributed by atoms with E-state index in [1.807, 2.05) is 35.2 Å². The smallest absolute Gasteiger partial charge is 0.259 e. The van der Waals surface area contributed by atoms with E-state index < -0.39 is 0 Å². The van der Waals surface area contributed by atoms with E-state index in [0.717, 1.165) is 31.5 Å². The largest absolute Gasteiger partial charge is 0.333 e. The Morgan fingerprint density at radius 3 is 2.64 bits per heavy atom. The third kappa shape index (κ3) is 3.84. The topological polar surface area (TPSA) is 75.2 Å². The van der Waals surface area contributed by atoms with Crippen LogP contribution in [-0.2, 0) is 4.79 Å². The molecule has 1 fully saturated rings. The van der Waals surface area contributed by atoms with E-state index in [2.05, 4.69) is 15.3 Å². The lowest BCUT2D eigenvalue weighted by atomic mass is 10.0. The van der Waals surface area contributed by atoms with Gasteiger partial charge in [-0.2, -0.15) is 0 Å². The number of carbonyl (C=O) groups is 2. The second-order valence-electron chi connectivity index (χ2n) is 6.27. The molecular weight excluding hydrogens is 316 g/mol. The fourth-order valence-electron chi connectivity index (χ4n) is 3.17. The van der Waals surface area contributed by atoms with E-state index >= 15 is 0 Å². The summed E-state index contributed by atoms with van der Waals surface area (Å²) in [5.41, 5.74) is 1.79. The van der Waals surface area contributed by atoms with Gasteiger partial charge in [0.25, 0.3) is 5.91 Å². The van der Waals surface area contributed by atoms with Crippen LogP contribution in [0.3, 0.4) is 0 Å². The fraction of sp³-hybridized carbons (Fsp3) is 0.368. The minimum atomic E-state index is -0.234. The molecule has 6 heteroatoms. The number of likely N-dealkylation sites (tertiary alicyclic amines) is 1. The summed E-state index contributed by atoms with van der Waals surface area (Å²) in [6.45, 7) is 4.11. The molecule has 1 aromatic heterocycles. The molecule has 25 heavy (non-hydrogen) atoms. The Labute approximate surface area is 147 Å². The Bertz CT molecular complexity index is 776. The van der Waals surface area contributed by atoms with E-state index in [-0.39, 0.29) is 17.9 Å². The Morgan fingerprint density at radius 1 is 1.20 bits per heavy atom. The van der Waals surface area contributed by atoms with Gasteiger partial charge in [-0.15, -0.1) is 0 Å². The van der Waals surface area contributed by atoms with Crippen LogP contribution in [0.1, 0.15) is 54.1 Å². The number of aromatic nitrogens is 2. The Morgan fingerprint density at radius 2 is 1.96 bits per heavy atom. The highest BCUT2D eigenvalue weighted by Gasteiger charge is 2.28. The van der Waals surface area contributed by atoms with Gasteiger partial charge >= 0.3 is 0 Å². The van der Waals surface area contributed by atoms with Crippen LogP contribution < -0.4 is 5.32 Å². The predicted molar refractivity (Wildman–Crippen MR) is 95.1 cm³/mol. The Kier molecular flexibility index (Phi) is 5.07. The number of hydrogen-bond acceptors (Lipinski definition) is 4. The van der Waals surface area contributed by atoms with Crippen molar-refractivity contribution in [3.8, 4) is 0 Å². The average Bonchev–Trinajstić information content (AvgIpc) is 2.62. The van der Waals surface area contributed by atoms with Crippen LogP contribution in [-0.4, -0.2) is 33.2 Å². The van der Waals surface area contributed by atoms with Crippen molar-refractivity contribution >= 4 is 17.5 Å². The molecule has 3 rings (SSSR count). The van der Waals surface area contributed by atoms with Crippen molar-refractivity contribution in [1.29, 1.82) is 0 Å². The van der Waals surface area contributed by atoms with Gasteiger partial charge in [0.1, 0.15) is 0 Å². The summed E-state index contributed by atoms with van der Waals surface area (Å²) < 4.78 is 0. The van der Waals surface area contributed by atoms with Gasteiger partial charge in [-0.1, -0.05) is 18.2 Å². The lowest BCUT2D eigenvalue weighted by Gasteiger charge is -2.34. The third-order valence-corrected chi connectivity index (χ3v) is 4.48. The molecule has 130 valence electrons. The third-order valence-electron chi connectivity index (χ3n) is 4.48. The number of carbonyl (C=O) groups excluding carboxylic acids is 2. The molecule has 0 radical (unpaired) electrons. The zero-order valence-corrected chi connectivity index (χ0v) is 14.5. The molecule has 2 heterocycles. The fourth-order valence-corrected chi connectivity index (χ4v) is 3.17. The minimum absolute atomic E-state index is 0.0388. The van der Waals surface area contributed by atoms with Crippen LogP contribution >= 0.6 is 0 Å². The lowest BCUT2D eigenvalue weighted by Crippen LogP contribution is -2.38. The molecule has 1 N–H and O–H groups in total. The van der Waals surface area contributed by atoms with Crippen molar-refractivity contribution in [3.05, 3.63) is 53.6 Å². The summed E-state index contributed by atoms with van der Waals surface area (Å²) in [6, 6.07) is 9.17. The van der Waals surface area contributed by atoms with Gasteiger partial charge in [0.2, 0.25) is 5.91 Å². The normalized spacial score (nSPS) is 17.2. The minimum Gasteiger partial charge on any atom is -0.333 e. The van der Waals surface area contributed by atoms with Gasteiger partial charge in [-0.3, -0.25) is 9.59 Å². The van der Waals surface area contributed by atoms with Crippen LogP contribution in [0.5, 0.6) is 0 Å². The summed E-state index contributed by atoms with van der Waals surface area (Å²) in [4.78, 5) is 35.0. The van der Waals surface area contributed by atoms with E-state index in [4.69, 9.17) is 0 Å². The summed E-state index contributed by atoms with van der Waals surface area (Å²) in [6.07, 6.45) is 4.47. The van der Waals surface area contributed by atoms with Crippen LogP contribution in [0, 0.1) is 6.92 Å². The van der Waals surface area contributed by atoms with Gasteiger partial charge in [0.05, 0.1) is 17.3 Å². The lowest BCUT2D eigenvalue weighted by molar-refractivity contribution is -0.132. The first-order valence-electron chi connectivity index (χ1n) is 8.53. The number of aryl methyl sites for hydroxylation is 1. The van der Waals surface area contributed by atoms with Gasteiger partial charge in [0, 0.05) is 25.4 Å². The number of nitrogens with zero attached hydrogens (tertiary/aromatic N) is 3. The van der Waals surface area contributed by atoms with Crippen LogP contribution in [0.2, 0.25) is 0 Å². The number of rotatable bonds is 3. The van der Waals surface area contributed by atoms with Crippen LogP contribution in [0.15, 0.2) is 36.5 Å². The van der Waals surface area contributed by atoms with Crippen molar-refractivity contribution in [1.82, 2.24) is 14.9 Å². The molecule has 1 saturated heterocycles. The molecule has 2 aromatic rings. The summed E-state index contributed by atoms with van der Waals surface area (Å²) in [5.74, 6) is 0.419. The molecule has 1 aliphatic rings. The van der Waals surface area contributed by atoms with Crippen LogP contribution in [0.25, 0.3) is 0 Å². The quantitative estimate of drug-likeness (QED) is 0.933. The number of amides is 2. The number of hydrogen-bond donors (Lipinski definition) is 1. The molecule has 0 aliphatic carbocycles. The van der Waals surface area contributed by atoms with E-state index in [1.54, 1.807) is 20.0 Å². The zero-order chi connectivity index (χ0) is 17.8. The molecule has 0 saturated carbocycles. The van der Waals surface area contributed by atoms with Gasteiger partial charge in [0.15, 0.2) is 5.82 Å². The van der Waals surface area contributed by atoms with E-state index in [9.17, 15) is 9.59 Å². The summed E-state index contributed by atoms with van der Waals surface area (Å²) >= 11 is 0. The standard InChI is InChI=1S/C19H22N4O2/c1-13-16(19(25)22-15-8-4-3-5-9-15)12-20-18(21-13)17-10-6-7-11-23(17)14(2)24/h3-5,8-9,12,17H,6-7,10-11H2,1-2H3,(H,22,25). The van der Waals surface area contributed by atoms with Crippen molar-refractivity contribution in [3.63, 3.8) is 0 Å². The predicted octanol–water partition coefficient (Wildman–Crippen LogP) is 3.11. The second kappa shape index (κ2) is 7.42. The van der Waals surface area contributed by atoms with E-state index in [0.29, 0.717) is 17.1 Å². The number of benzene rings is 1. The maximum Gasteiger partial charge on any atom is 0.259 e. The second-order valence-corrected chi connectivity index (χ2v) is 6.27. The zero-order valence-electron chi connectivity index (χ0n) is 14.5. The molecule has 1 aromatic carbocycles. The van der Waals surface area contributed by atoms with Gasteiger partial charge in [-0.05, 0) is 38.3 Å². The van der Waals surface area contributed by atoms with Crippen LogP contribution in [0.4, 0.5) is 5.69 Å². The first-order chi connectivity index (χ1) is 12.1. The number of nitrogens with one attached hydrogen (secondary N) is 1. The number of anilines is 1. The SMILES string of the molecule is CC(=O)N1CCCCC1c1ncc(C(=O)Nc2ccccc2)c(C)n1. The summed E-state index contributed by atoms with van der Waals surface area (Å²) in [5, 5.41) is 2.84. The highest BCUT2D eigenvalue weighted by atomic mass is 16.2. The molecule has 0 bridgehead atoms. The van der Waals surface area contributed by atoms with Gasteiger partial charge < -0.3 is 10.2 Å². The Balaban J connectivity index is 1.80. The molecule has 1 unspecified atom stereocenters. The number of para-hydroxylation sites is 1. The maximum absolute atomic E-state index is 12.4. The molecule has 2 amide bonds. The van der Waals surface area contributed by atoms with E-state index in [1.165, 1.54) is 0 Å². The maximum atomic E-state index is 12.4. The van der Waals surface area contributed by atoms with Gasteiger partial charge in [-0.25, -0.2) is 9.97 Å². The molecule has 0 spiro atoms. The van der Waals surface area contributed by atoms with Crippen molar-refractivity contribution in [2.75, 3.05) is 11.9 Å². The van der Waals surface area contributed by atoms with Crippen molar-refractivity contribution in [2.24, 2.45) is 0 Å². The molecular formula is C19H22N4O2. The first kappa shape index (κ1) is 17.1. The van der Waals surface area contributed by atoms with Crippen molar-refractivity contribution in [2.45, 2.75) is 39.2 Å². The average molecular weight is 338 g/mol. The highest BCUT2D eigenvalue weighted by molar-refractivity contribution is 6.04. The highest BCUT2D eigenvalue weighted by Crippen LogP contribution is 2.29. The molecule has 6 nitrogen and oxygen atoms in total. The van der Waals surface area contributed by atoms with Crippen molar-refractivity contribution < 1.29 is 9.59 Å². The number of piperidine rings is 1. The molecule has 1 aliphatic heterocycles. The monoisotopic (exact) mass is 338 g/mol. The first-order valence-corrected chi connectivity index (χ1v) is 8.53. The molecule has 1 atom stereocenters.